The van der Waals surface area contributed by atoms with Gasteiger partial charge in [0.15, 0.2) is 6.54 Å². The van der Waals surface area contributed by atoms with Crippen LogP contribution in [-0.4, -0.2) is 41.0 Å². The first-order valence-corrected chi connectivity index (χ1v) is 3.73. The van der Waals surface area contributed by atoms with E-state index < -0.39 is 17.6 Å². The van der Waals surface area contributed by atoms with Crippen LogP contribution in [-0.2, 0) is 4.84 Å². The van der Waals surface area contributed by atoms with E-state index >= 15 is 0 Å². The van der Waals surface area contributed by atoms with Crippen LogP contribution in [0.3, 0.4) is 0 Å². The topological polar surface area (TPSA) is 72.8 Å². The highest BCUT2D eigenvalue weighted by Gasteiger charge is 2.20. The highest BCUT2D eigenvalue weighted by Crippen LogP contribution is 2.06. The van der Waals surface area contributed by atoms with Crippen molar-refractivity contribution in [3.63, 3.8) is 0 Å². The first-order chi connectivity index (χ1) is 5.54. The molecule has 0 bridgehead atoms. The Morgan fingerprint density at radius 2 is 2.25 bits per heavy atom. The molecular formula is C7H15NO4. The first-order valence-electron chi connectivity index (χ1n) is 3.73. The summed E-state index contributed by atoms with van der Waals surface area (Å²) in [6.45, 7) is 4.87. The van der Waals surface area contributed by atoms with Crippen LogP contribution in [0.5, 0.6) is 0 Å². The lowest BCUT2D eigenvalue weighted by molar-refractivity contribution is -1.07. The van der Waals surface area contributed by atoms with E-state index in [2.05, 4.69) is 6.58 Å². The molecule has 0 spiro atoms. The van der Waals surface area contributed by atoms with Crippen molar-refractivity contribution in [1.82, 2.24) is 0 Å². The number of nitrogens with zero attached hydrogens (tertiary/aromatic N) is 1. The SMILES string of the molecule is C=CC[N+]([O-])(CC(O)O)OCC. The smallest absolute Gasteiger partial charge is 0.205 e. The monoisotopic (exact) mass is 177 g/mol. The third-order valence-corrected chi connectivity index (χ3v) is 1.21. The van der Waals surface area contributed by atoms with Gasteiger partial charge in [0.1, 0.15) is 13.2 Å². The second-order valence-corrected chi connectivity index (χ2v) is 2.37. The highest BCUT2D eigenvalue weighted by molar-refractivity contribution is 4.64. The van der Waals surface area contributed by atoms with Crippen LogP contribution < -0.4 is 0 Å². The largest absolute Gasteiger partial charge is 0.598 e. The van der Waals surface area contributed by atoms with Crippen molar-refractivity contribution < 1.29 is 19.9 Å². The molecule has 0 rings (SSSR count). The van der Waals surface area contributed by atoms with Crippen molar-refractivity contribution in [2.24, 2.45) is 0 Å². The van der Waals surface area contributed by atoms with Crippen LogP contribution in [0.1, 0.15) is 6.92 Å². The number of aliphatic hydroxyl groups excluding tert-OH is 1. The van der Waals surface area contributed by atoms with Crippen molar-refractivity contribution >= 4 is 0 Å². The molecule has 0 saturated carbocycles. The normalized spacial score (nSPS) is 16.1. The summed E-state index contributed by atoms with van der Waals surface area (Å²) in [7, 11) is 0. The van der Waals surface area contributed by atoms with Crippen molar-refractivity contribution in [2.45, 2.75) is 13.2 Å². The van der Waals surface area contributed by atoms with Gasteiger partial charge in [-0.3, -0.25) is 0 Å². The molecule has 5 nitrogen and oxygen atoms in total. The third-order valence-electron chi connectivity index (χ3n) is 1.21. The van der Waals surface area contributed by atoms with E-state index in [4.69, 9.17) is 15.1 Å². The van der Waals surface area contributed by atoms with E-state index in [1.807, 2.05) is 0 Å². The lowest BCUT2D eigenvalue weighted by atomic mass is 10.5. The van der Waals surface area contributed by atoms with Gasteiger partial charge in [-0.05, 0) is 13.0 Å². The van der Waals surface area contributed by atoms with E-state index in [-0.39, 0.29) is 13.2 Å². The lowest BCUT2D eigenvalue weighted by Gasteiger charge is -2.37. The van der Waals surface area contributed by atoms with Gasteiger partial charge < -0.3 is 15.4 Å². The van der Waals surface area contributed by atoms with Gasteiger partial charge in [0.2, 0.25) is 6.29 Å². The molecule has 0 aliphatic heterocycles. The van der Waals surface area contributed by atoms with Gasteiger partial charge in [0.05, 0.1) is 0 Å². The summed E-state index contributed by atoms with van der Waals surface area (Å²) in [6.07, 6.45) is -0.278. The molecule has 0 amide bonds. The molecule has 0 aromatic heterocycles. The quantitative estimate of drug-likeness (QED) is 0.254. The minimum Gasteiger partial charge on any atom is -0.598 e. The van der Waals surface area contributed by atoms with Gasteiger partial charge in [0, 0.05) is 0 Å². The van der Waals surface area contributed by atoms with Crippen LogP contribution in [0, 0.1) is 5.21 Å². The average molecular weight is 177 g/mol. The summed E-state index contributed by atoms with van der Waals surface area (Å²) in [5.74, 6) is 0. The maximum atomic E-state index is 11.4. The average Bonchev–Trinajstić information content (AvgIpc) is 1.85. The molecule has 0 aromatic rings. The fourth-order valence-corrected chi connectivity index (χ4v) is 0.861. The molecule has 2 N–H and O–H groups in total. The predicted molar refractivity (Wildman–Crippen MR) is 43.4 cm³/mol. The number of aliphatic hydroxyl groups is 2. The Morgan fingerprint density at radius 1 is 1.67 bits per heavy atom. The van der Waals surface area contributed by atoms with Crippen LogP contribution in [0.15, 0.2) is 12.7 Å². The molecule has 1 unspecified atom stereocenters. The molecule has 0 radical (unpaired) electrons. The minimum atomic E-state index is -1.66. The number of rotatable bonds is 6. The molecule has 0 aromatic carbocycles. The van der Waals surface area contributed by atoms with E-state index in [0.717, 1.165) is 0 Å². The molecule has 0 heterocycles. The highest BCUT2D eigenvalue weighted by atomic mass is 16.9. The van der Waals surface area contributed by atoms with Crippen LogP contribution >= 0.6 is 0 Å². The number of quaternary nitrogens is 1. The summed E-state index contributed by atoms with van der Waals surface area (Å²) >= 11 is 0. The summed E-state index contributed by atoms with van der Waals surface area (Å²) in [5, 5.41) is 28.6. The van der Waals surface area contributed by atoms with E-state index in [1.165, 1.54) is 6.08 Å². The zero-order valence-corrected chi connectivity index (χ0v) is 7.14. The van der Waals surface area contributed by atoms with Crippen LogP contribution in [0.25, 0.3) is 0 Å². The van der Waals surface area contributed by atoms with Gasteiger partial charge in [-0.25, -0.2) is 9.65 Å². The standard InChI is InChI=1S/C7H15NO4/c1-3-5-8(11,12-4-2)6-7(9)10/h3,7,9-10H,1,4-6H2,2H3. The predicted octanol–water partition coefficient (Wildman–Crippen LogP) is -0.251. The number of hydroxylamine groups is 4. The third kappa shape index (κ3) is 4.42. The summed E-state index contributed by atoms with van der Waals surface area (Å²) in [4.78, 5) is 3.67. The van der Waals surface area contributed by atoms with E-state index in [9.17, 15) is 5.21 Å². The second kappa shape index (κ2) is 5.23. The molecular weight excluding hydrogens is 162 g/mol. The van der Waals surface area contributed by atoms with Crippen molar-refractivity contribution in [1.29, 1.82) is 0 Å². The summed E-state index contributed by atoms with van der Waals surface area (Å²) < 4.78 is 0. The Labute approximate surface area is 71.6 Å². The molecule has 5 heteroatoms. The zero-order chi connectivity index (χ0) is 9.61. The molecule has 0 aliphatic rings. The second-order valence-electron chi connectivity index (χ2n) is 2.37. The van der Waals surface area contributed by atoms with Gasteiger partial charge in [0.25, 0.3) is 0 Å². The Bertz CT molecular complexity index is 139. The lowest BCUT2D eigenvalue weighted by Crippen LogP contribution is -2.47. The Morgan fingerprint density at radius 3 is 2.58 bits per heavy atom. The Hall–Kier alpha value is -0.460. The molecule has 0 fully saturated rings. The number of hydrogen-bond acceptors (Lipinski definition) is 4. The zero-order valence-electron chi connectivity index (χ0n) is 7.14. The maximum Gasteiger partial charge on any atom is 0.205 e. The van der Waals surface area contributed by atoms with Gasteiger partial charge in [-0.15, -0.1) is 0 Å². The van der Waals surface area contributed by atoms with Crippen molar-refractivity contribution in [3.05, 3.63) is 17.9 Å². The minimum absolute atomic E-state index is 0.00542. The van der Waals surface area contributed by atoms with Crippen molar-refractivity contribution in [2.75, 3.05) is 19.7 Å². The summed E-state index contributed by atoms with van der Waals surface area (Å²) in [6, 6.07) is 0. The maximum absolute atomic E-state index is 11.4. The van der Waals surface area contributed by atoms with Crippen molar-refractivity contribution in [3.8, 4) is 0 Å². The molecule has 0 aliphatic carbocycles. The van der Waals surface area contributed by atoms with E-state index in [0.29, 0.717) is 0 Å². The van der Waals surface area contributed by atoms with Gasteiger partial charge >= 0.3 is 0 Å². The molecule has 12 heavy (non-hydrogen) atoms. The molecule has 72 valence electrons. The van der Waals surface area contributed by atoms with Crippen LogP contribution in [0.2, 0.25) is 0 Å². The fraction of sp³-hybridized carbons (Fsp3) is 0.714. The molecule has 1 atom stereocenters. The molecule has 0 saturated heterocycles. The Balaban J connectivity index is 4.06. The fourth-order valence-electron chi connectivity index (χ4n) is 0.861. The Kier molecular flexibility index (Phi) is 5.03. The summed E-state index contributed by atoms with van der Waals surface area (Å²) in [5.41, 5.74) is 0. The van der Waals surface area contributed by atoms with E-state index in [1.54, 1.807) is 6.92 Å². The van der Waals surface area contributed by atoms with Crippen LogP contribution in [0.4, 0.5) is 0 Å². The van der Waals surface area contributed by atoms with Gasteiger partial charge in [-0.1, -0.05) is 6.58 Å². The van der Waals surface area contributed by atoms with Gasteiger partial charge in [-0.2, -0.15) is 0 Å². The number of hydrogen-bond donors (Lipinski definition) is 2. The first kappa shape index (κ1) is 11.5.